The molecule has 118 valence electrons. The molecule has 0 heterocycles. The van der Waals surface area contributed by atoms with Crippen molar-refractivity contribution in [2.75, 3.05) is 13.7 Å². The van der Waals surface area contributed by atoms with E-state index in [1.165, 1.54) is 57.8 Å². The van der Waals surface area contributed by atoms with E-state index in [-0.39, 0.29) is 5.41 Å². The largest absolute Gasteiger partial charge is 0.384 e. The number of ketones is 1. The fourth-order valence-corrected chi connectivity index (χ4v) is 3.52. The number of unbranched alkanes of at least 4 members (excludes halogenated alkanes) is 6. The van der Waals surface area contributed by atoms with Crippen molar-refractivity contribution in [1.82, 2.24) is 0 Å². The van der Waals surface area contributed by atoms with E-state index in [2.05, 4.69) is 6.92 Å². The summed E-state index contributed by atoms with van der Waals surface area (Å²) in [5.41, 5.74) is -0.130. The Labute approximate surface area is 125 Å². The molecular formula is C18H34O2. The number of Topliss-reactive ketones (excluding diaryl/α,β-unsaturated/α-hetero) is 1. The lowest BCUT2D eigenvalue weighted by atomic mass is 9.70. The molecule has 0 aromatic heterocycles. The van der Waals surface area contributed by atoms with Crippen LogP contribution in [0.25, 0.3) is 0 Å². The Morgan fingerprint density at radius 1 is 0.950 bits per heavy atom. The molecule has 0 aliphatic heterocycles. The van der Waals surface area contributed by atoms with Crippen LogP contribution < -0.4 is 0 Å². The summed E-state index contributed by atoms with van der Waals surface area (Å²) in [5.74, 6) is 0.479. The first-order valence-electron chi connectivity index (χ1n) is 8.77. The molecule has 0 unspecified atom stereocenters. The highest BCUT2D eigenvalue weighted by atomic mass is 16.5. The highest BCUT2D eigenvalue weighted by molar-refractivity contribution is 5.85. The first kappa shape index (κ1) is 17.7. The van der Waals surface area contributed by atoms with E-state index < -0.39 is 0 Å². The normalized spacial score (nSPS) is 18.1. The first-order chi connectivity index (χ1) is 9.75. The molecule has 0 N–H and O–H groups in total. The van der Waals surface area contributed by atoms with Crippen molar-refractivity contribution in [2.45, 2.75) is 90.4 Å². The standard InChI is InChI=1S/C18H34O2/c1-3-4-5-6-7-8-10-13-17(19)18(16-20-2)14-11-9-12-15-18/h3-16H2,1-2H3. The van der Waals surface area contributed by atoms with E-state index in [4.69, 9.17) is 4.74 Å². The topological polar surface area (TPSA) is 26.3 Å². The molecule has 1 aliphatic rings. The molecule has 0 bridgehead atoms. The van der Waals surface area contributed by atoms with Gasteiger partial charge in [-0.25, -0.2) is 0 Å². The van der Waals surface area contributed by atoms with Crippen LogP contribution in [-0.2, 0) is 9.53 Å². The second kappa shape index (κ2) is 10.4. The van der Waals surface area contributed by atoms with Crippen LogP contribution in [0, 0.1) is 5.41 Å². The van der Waals surface area contributed by atoms with Gasteiger partial charge in [-0.05, 0) is 19.3 Å². The number of rotatable bonds is 11. The predicted octanol–water partition coefficient (Wildman–Crippen LogP) is 5.29. The van der Waals surface area contributed by atoms with Gasteiger partial charge in [0.05, 0.1) is 12.0 Å². The number of carbonyl (C=O) groups excluding carboxylic acids is 1. The monoisotopic (exact) mass is 282 g/mol. The SMILES string of the molecule is CCCCCCCCCC(=O)C1(COC)CCCCC1. The van der Waals surface area contributed by atoms with E-state index in [0.29, 0.717) is 12.4 Å². The zero-order chi connectivity index (χ0) is 14.7. The zero-order valence-electron chi connectivity index (χ0n) is 13.7. The molecule has 1 saturated carbocycles. The Morgan fingerprint density at radius 2 is 1.55 bits per heavy atom. The van der Waals surface area contributed by atoms with Crippen LogP contribution in [0.5, 0.6) is 0 Å². The lowest BCUT2D eigenvalue weighted by molar-refractivity contribution is -0.134. The number of carbonyl (C=O) groups is 1. The summed E-state index contributed by atoms with van der Waals surface area (Å²) in [6, 6.07) is 0. The first-order valence-corrected chi connectivity index (χ1v) is 8.77. The van der Waals surface area contributed by atoms with E-state index in [1.54, 1.807) is 7.11 Å². The van der Waals surface area contributed by atoms with Gasteiger partial charge in [0.1, 0.15) is 5.78 Å². The van der Waals surface area contributed by atoms with Crippen LogP contribution in [0.1, 0.15) is 90.4 Å². The zero-order valence-corrected chi connectivity index (χ0v) is 13.7. The van der Waals surface area contributed by atoms with Crippen LogP contribution in [0.2, 0.25) is 0 Å². The Kier molecular flexibility index (Phi) is 9.17. The predicted molar refractivity (Wildman–Crippen MR) is 85.0 cm³/mol. The van der Waals surface area contributed by atoms with Crippen LogP contribution in [0.4, 0.5) is 0 Å². The van der Waals surface area contributed by atoms with Crippen LogP contribution in [0.15, 0.2) is 0 Å². The molecule has 20 heavy (non-hydrogen) atoms. The third-order valence-corrected chi connectivity index (χ3v) is 4.83. The molecule has 2 nitrogen and oxygen atoms in total. The van der Waals surface area contributed by atoms with Gasteiger partial charge in [-0.15, -0.1) is 0 Å². The van der Waals surface area contributed by atoms with Crippen molar-refractivity contribution in [3.63, 3.8) is 0 Å². The molecule has 0 aromatic carbocycles. The molecule has 1 aliphatic carbocycles. The van der Waals surface area contributed by atoms with Gasteiger partial charge < -0.3 is 4.74 Å². The summed E-state index contributed by atoms with van der Waals surface area (Å²) in [6.45, 7) is 2.89. The lowest BCUT2D eigenvalue weighted by Crippen LogP contribution is -2.37. The number of hydrogen-bond donors (Lipinski definition) is 0. The third kappa shape index (κ3) is 5.95. The Balaban J connectivity index is 2.21. The van der Waals surface area contributed by atoms with Crippen molar-refractivity contribution in [3.8, 4) is 0 Å². The van der Waals surface area contributed by atoms with Crippen molar-refractivity contribution < 1.29 is 9.53 Å². The highest BCUT2D eigenvalue weighted by Gasteiger charge is 2.38. The smallest absolute Gasteiger partial charge is 0.141 e. The summed E-state index contributed by atoms with van der Waals surface area (Å²) in [4.78, 5) is 12.6. The average Bonchev–Trinajstić information content (AvgIpc) is 2.47. The van der Waals surface area contributed by atoms with Gasteiger partial charge in [-0.1, -0.05) is 64.7 Å². The Hall–Kier alpha value is -0.370. The van der Waals surface area contributed by atoms with Crippen molar-refractivity contribution in [2.24, 2.45) is 5.41 Å². The molecule has 1 rings (SSSR count). The van der Waals surface area contributed by atoms with E-state index >= 15 is 0 Å². The second-order valence-electron chi connectivity index (χ2n) is 6.57. The molecule has 0 aromatic rings. The molecule has 0 spiro atoms. The second-order valence-corrected chi connectivity index (χ2v) is 6.57. The van der Waals surface area contributed by atoms with Gasteiger partial charge in [0.25, 0.3) is 0 Å². The summed E-state index contributed by atoms with van der Waals surface area (Å²) in [5, 5.41) is 0. The van der Waals surface area contributed by atoms with Crippen molar-refractivity contribution >= 4 is 5.78 Å². The van der Waals surface area contributed by atoms with Gasteiger partial charge in [0.15, 0.2) is 0 Å². The fourth-order valence-electron chi connectivity index (χ4n) is 3.52. The number of ether oxygens (including phenoxy) is 1. The lowest BCUT2D eigenvalue weighted by Gasteiger charge is -2.35. The average molecular weight is 282 g/mol. The fraction of sp³-hybridized carbons (Fsp3) is 0.944. The van der Waals surface area contributed by atoms with Crippen LogP contribution in [0.3, 0.4) is 0 Å². The van der Waals surface area contributed by atoms with Crippen LogP contribution >= 0.6 is 0 Å². The maximum absolute atomic E-state index is 12.6. The molecule has 0 saturated heterocycles. The maximum Gasteiger partial charge on any atom is 0.141 e. The minimum absolute atomic E-state index is 0.130. The molecule has 2 heteroatoms. The van der Waals surface area contributed by atoms with E-state index in [1.807, 2.05) is 0 Å². The summed E-state index contributed by atoms with van der Waals surface area (Å²) < 4.78 is 5.36. The van der Waals surface area contributed by atoms with Gasteiger partial charge in [0, 0.05) is 13.5 Å². The van der Waals surface area contributed by atoms with Crippen molar-refractivity contribution in [1.29, 1.82) is 0 Å². The molecular weight excluding hydrogens is 248 g/mol. The molecule has 0 amide bonds. The quantitative estimate of drug-likeness (QED) is 0.481. The number of methoxy groups -OCH3 is 1. The van der Waals surface area contributed by atoms with Gasteiger partial charge >= 0.3 is 0 Å². The van der Waals surface area contributed by atoms with Crippen molar-refractivity contribution in [3.05, 3.63) is 0 Å². The highest BCUT2D eigenvalue weighted by Crippen LogP contribution is 2.38. The van der Waals surface area contributed by atoms with Gasteiger partial charge in [-0.3, -0.25) is 4.79 Å². The van der Waals surface area contributed by atoms with Gasteiger partial charge in [-0.2, -0.15) is 0 Å². The molecule has 1 fully saturated rings. The molecule has 0 radical (unpaired) electrons. The van der Waals surface area contributed by atoms with Crippen LogP contribution in [-0.4, -0.2) is 19.5 Å². The molecule has 0 atom stereocenters. The summed E-state index contributed by atoms with van der Waals surface area (Å²) >= 11 is 0. The third-order valence-electron chi connectivity index (χ3n) is 4.83. The summed E-state index contributed by atoms with van der Waals surface area (Å²) in [7, 11) is 1.73. The maximum atomic E-state index is 12.6. The Bertz CT molecular complexity index is 249. The van der Waals surface area contributed by atoms with E-state index in [0.717, 1.165) is 25.7 Å². The Morgan fingerprint density at radius 3 is 2.15 bits per heavy atom. The summed E-state index contributed by atoms with van der Waals surface area (Å²) in [6.07, 6.45) is 15.5. The number of hydrogen-bond acceptors (Lipinski definition) is 2. The van der Waals surface area contributed by atoms with E-state index in [9.17, 15) is 4.79 Å². The minimum Gasteiger partial charge on any atom is -0.384 e. The minimum atomic E-state index is -0.130. The van der Waals surface area contributed by atoms with Gasteiger partial charge in [0.2, 0.25) is 0 Å².